The lowest BCUT2D eigenvalue weighted by molar-refractivity contribution is 0.129. The van der Waals surface area contributed by atoms with Gasteiger partial charge in [-0.05, 0) is 30.0 Å². The summed E-state index contributed by atoms with van der Waals surface area (Å²) in [6, 6.07) is 4.45. The highest BCUT2D eigenvalue weighted by Crippen LogP contribution is 2.55. The van der Waals surface area contributed by atoms with Crippen LogP contribution in [0.2, 0.25) is 0 Å². The summed E-state index contributed by atoms with van der Waals surface area (Å²) < 4.78 is 13.5. The highest BCUT2D eigenvalue weighted by atomic mass is 79.9. The number of benzene rings is 1. The maximum Gasteiger partial charge on any atom is 0.124 e. The highest BCUT2D eigenvalue weighted by Gasteiger charge is 2.53. The van der Waals surface area contributed by atoms with Gasteiger partial charge in [-0.3, -0.25) is 0 Å². The molecular formula is C11H12BrFO. The normalized spacial score (nSPS) is 30.4. The zero-order chi connectivity index (χ0) is 10.3. The standard InChI is InChI=1S/C11H12BrFO/c1-2-7-6-11(7,14)9-4-3-8(13)5-10(9)12/h3-5,7,14H,2,6H2,1H3. The monoisotopic (exact) mass is 258 g/mol. The number of hydrogen-bond acceptors (Lipinski definition) is 1. The summed E-state index contributed by atoms with van der Waals surface area (Å²) in [5.74, 6) is 0.0437. The lowest BCUT2D eigenvalue weighted by atomic mass is 10.0. The molecule has 0 bridgehead atoms. The van der Waals surface area contributed by atoms with Crippen molar-refractivity contribution in [1.82, 2.24) is 0 Å². The fraction of sp³-hybridized carbons (Fsp3) is 0.455. The number of aliphatic hydroxyl groups is 1. The zero-order valence-electron chi connectivity index (χ0n) is 7.93. The van der Waals surface area contributed by atoms with Crippen molar-refractivity contribution in [2.45, 2.75) is 25.4 Å². The minimum atomic E-state index is -0.721. The van der Waals surface area contributed by atoms with Crippen LogP contribution in [-0.2, 0) is 5.60 Å². The van der Waals surface area contributed by atoms with E-state index < -0.39 is 5.60 Å². The van der Waals surface area contributed by atoms with Crippen LogP contribution in [0.15, 0.2) is 22.7 Å². The Bertz CT molecular complexity index is 366. The predicted octanol–water partition coefficient (Wildman–Crippen LogP) is 3.21. The van der Waals surface area contributed by atoms with Crippen LogP contribution in [0.3, 0.4) is 0 Å². The van der Waals surface area contributed by atoms with Gasteiger partial charge in [0.1, 0.15) is 5.82 Å². The largest absolute Gasteiger partial charge is 0.385 e. The van der Waals surface area contributed by atoms with Crippen molar-refractivity contribution in [2.75, 3.05) is 0 Å². The van der Waals surface area contributed by atoms with Crippen molar-refractivity contribution in [3.63, 3.8) is 0 Å². The van der Waals surface area contributed by atoms with E-state index in [2.05, 4.69) is 22.9 Å². The maximum atomic E-state index is 12.8. The van der Waals surface area contributed by atoms with E-state index >= 15 is 0 Å². The van der Waals surface area contributed by atoms with Crippen LogP contribution in [0.4, 0.5) is 4.39 Å². The molecule has 1 aliphatic carbocycles. The highest BCUT2D eigenvalue weighted by molar-refractivity contribution is 9.10. The van der Waals surface area contributed by atoms with Crippen LogP contribution < -0.4 is 0 Å². The molecule has 2 unspecified atom stereocenters. The van der Waals surface area contributed by atoms with Crippen LogP contribution in [0, 0.1) is 11.7 Å². The molecule has 1 nitrogen and oxygen atoms in total. The fourth-order valence-electron chi connectivity index (χ4n) is 1.97. The van der Waals surface area contributed by atoms with Gasteiger partial charge in [-0.25, -0.2) is 4.39 Å². The van der Waals surface area contributed by atoms with Crippen molar-refractivity contribution in [2.24, 2.45) is 5.92 Å². The Labute approximate surface area is 91.1 Å². The third-order valence-electron chi connectivity index (χ3n) is 2.96. The van der Waals surface area contributed by atoms with Gasteiger partial charge in [0.25, 0.3) is 0 Å². The molecule has 1 aromatic rings. The zero-order valence-corrected chi connectivity index (χ0v) is 9.51. The Kier molecular flexibility index (Phi) is 2.40. The predicted molar refractivity (Wildman–Crippen MR) is 56.4 cm³/mol. The minimum Gasteiger partial charge on any atom is -0.385 e. The second-order valence-corrected chi connectivity index (χ2v) is 4.71. The van der Waals surface area contributed by atoms with E-state index in [9.17, 15) is 9.50 Å². The second-order valence-electron chi connectivity index (χ2n) is 3.86. The van der Waals surface area contributed by atoms with Gasteiger partial charge >= 0.3 is 0 Å². The van der Waals surface area contributed by atoms with E-state index in [1.54, 1.807) is 6.07 Å². The van der Waals surface area contributed by atoms with Crippen LogP contribution in [0.1, 0.15) is 25.3 Å². The summed E-state index contributed by atoms with van der Waals surface area (Å²) in [4.78, 5) is 0. The molecule has 3 heteroatoms. The summed E-state index contributed by atoms with van der Waals surface area (Å²) >= 11 is 3.28. The van der Waals surface area contributed by atoms with E-state index in [-0.39, 0.29) is 5.82 Å². The quantitative estimate of drug-likeness (QED) is 0.864. The molecule has 14 heavy (non-hydrogen) atoms. The van der Waals surface area contributed by atoms with Crippen molar-refractivity contribution < 1.29 is 9.50 Å². The number of hydrogen-bond donors (Lipinski definition) is 1. The molecule has 0 heterocycles. The lowest BCUT2D eigenvalue weighted by Crippen LogP contribution is -2.09. The first-order valence-corrected chi connectivity index (χ1v) is 5.55. The lowest BCUT2D eigenvalue weighted by Gasteiger charge is -2.12. The Morgan fingerprint density at radius 3 is 2.86 bits per heavy atom. The number of halogens is 2. The van der Waals surface area contributed by atoms with Gasteiger partial charge in [0.2, 0.25) is 0 Å². The van der Waals surface area contributed by atoms with E-state index in [0.717, 1.165) is 18.4 Å². The molecule has 76 valence electrons. The maximum absolute atomic E-state index is 12.8. The molecule has 0 saturated heterocycles. The number of rotatable bonds is 2. The topological polar surface area (TPSA) is 20.2 Å². The first kappa shape index (κ1) is 10.1. The van der Waals surface area contributed by atoms with Crippen LogP contribution in [-0.4, -0.2) is 5.11 Å². The SMILES string of the molecule is CCC1CC1(O)c1ccc(F)cc1Br. The van der Waals surface area contributed by atoms with Gasteiger partial charge in [-0.1, -0.05) is 35.3 Å². The van der Waals surface area contributed by atoms with Gasteiger partial charge in [-0.2, -0.15) is 0 Å². The fourth-order valence-corrected chi connectivity index (χ4v) is 2.66. The molecule has 0 aromatic heterocycles. The van der Waals surface area contributed by atoms with Gasteiger partial charge in [0, 0.05) is 4.47 Å². The summed E-state index contributed by atoms with van der Waals surface area (Å²) in [6.07, 6.45) is 1.74. The smallest absolute Gasteiger partial charge is 0.124 e. The second kappa shape index (κ2) is 3.31. The molecule has 1 N–H and O–H groups in total. The Morgan fingerprint density at radius 1 is 1.64 bits per heavy atom. The average molecular weight is 259 g/mol. The molecule has 1 saturated carbocycles. The van der Waals surface area contributed by atoms with Gasteiger partial charge < -0.3 is 5.11 Å². The minimum absolute atomic E-state index is 0.280. The third-order valence-corrected chi connectivity index (χ3v) is 3.62. The summed E-state index contributed by atoms with van der Waals surface area (Å²) in [5, 5.41) is 10.2. The van der Waals surface area contributed by atoms with Crippen LogP contribution in [0.25, 0.3) is 0 Å². The van der Waals surface area contributed by atoms with E-state index in [1.165, 1.54) is 12.1 Å². The van der Waals surface area contributed by atoms with Crippen LogP contribution in [0.5, 0.6) is 0 Å². The molecule has 2 rings (SSSR count). The van der Waals surface area contributed by atoms with E-state index in [4.69, 9.17) is 0 Å². The molecule has 0 aliphatic heterocycles. The van der Waals surface area contributed by atoms with Crippen molar-refractivity contribution >= 4 is 15.9 Å². The van der Waals surface area contributed by atoms with Gasteiger partial charge in [0.15, 0.2) is 0 Å². The van der Waals surface area contributed by atoms with Gasteiger partial charge in [-0.15, -0.1) is 0 Å². The van der Waals surface area contributed by atoms with Crippen LogP contribution >= 0.6 is 15.9 Å². The molecule has 0 amide bonds. The Hall–Kier alpha value is -0.410. The first-order chi connectivity index (χ1) is 6.58. The van der Waals surface area contributed by atoms with E-state index in [1.807, 2.05) is 0 Å². The molecular weight excluding hydrogens is 247 g/mol. The summed E-state index contributed by atoms with van der Waals surface area (Å²) in [7, 11) is 0. The third kappa shape index (κ3) is 1.48. The summed E-state index contributed by atoms with van der Waals surface area (Å²) in [6.45, 7) is 2.06. The van der Waals surface area contributed by atoms with Crippen molar-refractivity contribution in [1.29, 1.82) is 0 Å². The van der Waals surface area contributed by atoms with Crippen molar-refractivity contribution in [3.05, 3.63) is 34.1 Å². The first-order valence-electron chi connectivity index (χ1n) is 4.76. The van der Waals surface area contributed by atoms with Gasteiger partial charge in [0.05, 0.1) is 5.60 Å². The molecule has 1 aliphatic rings. The van der Waals surface area contributed by atoms with E-state index in [0.29, 0.717) is 10.4 Å². The molecule has 0 radical (unpaired) electrons. The Morgan fingerprint density at radius 2 is 2.36 bits per heavy atom. The average Bonchev–Trinajstić information content (AvgIpc) is 2.77. The molecule has 2 atom stereocenters. The summed E-state index contributed by atoms with van der Waals surface area (Å²) in [5.41, 5.74) is 0.0899. The molecule has 1 fully saturated rings. The molecule has 0 spiro atoms. The van der Waals surface area contributed by atoms with Crippen molar-refractivity contribution in [3.8, 4) is 0 Å². The molecule has 1 aromatic carbocycles. The Balaban J connectivity index is 2.34.